The summed E-state index contributed by atoms with van der Waals surface area (Å²) in [5.41, 5.74) is 2.52. The van der Waals surface area contributed by atoms with Crippen molar-refractivity contribution in [3.05, 3.63) is 77.9 Å². The number of anilines is 1. The number of hydrogen-bond donors (Lipinski definition) is 2. The van der Waals surface area contributed by atoms with Crippen molar-refractivity contribution < 1.29 is 9.90 Å². The molecule has 0 aliphatic heterocycles. The lowest BCUT2D eigenvalue weighted by Gasteiger charge is -2.07. The highest BCUT2D eigenvalue weighted by Gasteiger charge is 2.08. The topological polar surface area (TPSA) is 80.0 Å². The molecule has 23 heavy (non-hydrogen) atoms. The van der Waals surface area contributed by atoms with Gasteiger partial charge in [0.25, 0.3) is 5.91 Å². The molecule has 116 valence electrons. The molecule has 0 radical (unpaired) electrons. The largest absolute Gasteiger partial charge is 0.390 e. The lowest BCUT2D eigenvalue weighted by molar-refractivity contribution is 0.102. The zero-order valence-electron chi connectivity index (χ0n) is 12.4. The molecule has 1 amide bonds. The van der Waals surface area contributed by atoms with Crippen molar-refractivity contribution in [3.63, 3.8) is 0 Å². The number of amides is 1. The number of rotatable bonds is 5. The van der Waals surface area contributed by atoms with Gasteiger partial charge in [-0.15, -0.1) is 0 Å². The number of nitrogens with zero attached hydrogens (tertiary/aromatic N) is 3. The number of benzene rings is 1. The molecule has 0 unspecified atom stereocenters. The van der Waals surface area contributed by atoms with Crippen molar-refractivity contribution in [3.8, 4) is 0 Å². The van der Waals surface area contributed by atoms with Crippen molar-refractivity contribution in [1.29, 1.82) is 0 Å². The lowest BCUT2D eigenvalue weighted by atomic mass is 10.2. The minimum atomic E-state index is -0.305. The van der Waals surface area contributed by atoms with Crippen LogP contribution in [0, 0.1) is 0 Å². The van der Waals surface area contributed by atoms with E-state index in [-0.39, 0.29) is 18.2 Å². The number of nitrogens with one attached hydrogen (secondary N) is 1. The Morgan fingerprint density at radius 3 is 2.65 bits per heavy atom. The number of carbonyl (C=O) groups excluding carboxylic acids is 1. The van der Waals surface area contributed by atoms with E-state index in [1.54, 1.807) is 24.4 Å². The highest BCUT2D eigenvalue weighted by atomic mass is 16.3. The van der Waals surface area contributed by atoms with Crippen LogP contribution in [0.2, 0.25) is 0 Å². The first-order chi connectivity index (χ1) is 11.2. The lowest BCUT2D eigenvalue weighted by Crippen LogP contribution is -2.14. The van der Waals surface area contributed by atoms with E-state index >= 15 is 0 Å². The van der Waals surface area contributed by atoms with Crippen LogP contribution in [0.3, 0.4) is 0 Å². The van der Waals surface area contributed by atoms with Crippen LogP contribution in [-0.4, -0.2) is 25.8 Å². The highest BCUT2D eigenvalue weighted by Crippen LogP contribution is 2.12. The molecule has 0 aliphatic carbocycles. The summed E-state index contributed by atoms with van der Waals surface area (Å²) >= 11 is 0. The number of aliphatic hydroxyl groups is 1. The summed E-state index contributed by atoms with van der Waals surface area (Å²) in [7, 11) is 0. The molecule has 2 N–H and O–H groups in total. The first-order valence-corrected chi connectivity index (χ1v) is 7.19. The van der Waals surface area contributed by atoms with Crippen molar-refractivity contribution in [1.82, 2.24) is 14.8 Å². The molecule has 3 rings (SSSR count). The Morgan fingerprint density at radius 1 is 1.13 bits per heavy atom. The fourth-order valence-corrected chi connectivity index (χ4v) is 2.16. The third-order valence-corrected chi connectivity index (χ3v) is 3.32. The Balaban J connectivity index is 1.66. The highest BCUT2D eigenvalue weighted by molar-refractivity contribution is 6.02. The average Bonchev–Trinajstić information content (AvgIpc) is 3.09. The molecule has 0 saturated carbocycles. The summed E-state index contributed by atoms with van der Waals surface area (Å²) < 4.78 is 1.83. The maximum absolute atomic E-state index is 12.2. The van der Waals surface area contributed by atoms with Crippen LogP contribution < -0.4 is 5.32 Å². The monoisotopic (exact) mass is 308 g/mol. The van der Waals surface area contributed by atoms with Crippen LogP contribution in [-0.2, 0) is 13.2 Å². The van der Waals surface area contributed by atoms with Gasteiger partial charge in [0.2, 0.25) is 0 Å². The van der Waals surface area contributed by atoms with Gasteiger partial charge in [0.1, 0.15) is 5.69 Å². The fourth-order valence-electron chi connectivity index (χ4n) is 2.16. The first kappa shape index (κ1) is 14.9. The number of carbonyl (C=O) groups is 1. The Hall–Kier alpha value is -2.99. The summed E-state index contributed by atoms with van der Waals surface area (Å²) in [6.45, 7) is 0.491. The van der Waals surface area contributed by atoms with Crippen molar-refractivity contribution in [2.75, 3.05) is 5.32 Å². The minimum absolute atomic E-state index is 0.191. The number of hydrogen-bond acceptors (Lipinski definition) is 4. The fraction of sp³-hybridized carbons (Fsp3) is 0.118. The van der Waals surface area contributed by atoms with E-state index in [4.69, 9.17) is 5.11 Å². The third kappa shape index (κ3) is 3.81. The molecule has 0 spiro atoms. The SMILES string of the molecule is O=C(Nc1ccc(Cn2cccn2)cc1)c1cccc(CO)n1. The zero-order valence-corrected chi connectivity index (χ0v) is 12.4. The van der Waals surface area contributed by atoms with Gasteiger partial charge in [0.05, 0.1) is 18.8 Å². The zero-order chi connectivity index (χ0) is 16.1. The van der Waals surface area contributed by atoms with Gasteiger partial charge >= 0.3 is 0 Å². The van der Waals surface area contributed by atoms with Gasteiger partial charge in [0.15, 0.2) is 0 Å². The maximum atomic E-state index is 12.2. The molecule has 0 atom stereocenters. The van der Waals surface area contributed by atoms with Crippen molar-refractivity contribution in [2.45, 2.75) is 13.2 Å². The quantitative estimate of drug-likeness (QED) is 0.756. The maximum Gasteiger partial charge on any atom is 0.274 e. The van der Waals surface area contributed by atoms with E-state index < -0.39 is 0 Å². The molecular weight excluding hydrogens is 292 g/mol. The molecule has 0 saturated heterocycles. The van der Waals surface area contributed by atoms with E-state index in [2.05, 4.69) is 15.4 Å². The number of aromatic nitrogens is 3. The molecule has 0 fully saturated rings. The van der Waals surface area contributed by atoms with Crippen LogP contribution in [0.15, 0.2) is 60.9 Å². The summed E-state index contributed by atoms with van der Waals surface area (Å²) in [6.07, 6.45) is 3.64. The molecule has 0 bridgehead atoms. The van der Waals surface area contributed by atoms with Gasteiger partial charge in [-0.2, -0.15) is 5.10 Å². The van der Waals surface area contributed by atoms with Gasteiger partial charge in [-0.1, -0.05) is 18.2 Å². The average molecular weight is 308 g/mol. The molecule has 6 nitrogen and oxygen atoms in total. The van der Waals surface area contributed by atoms with Crippen LogP contribution in [0.1, 0.15) is 21.7 Å². The van der Waals surface area contributed by atoms with E-state index in [0.717, 1.165) is 5.56 Å². The summed E-state index contributed by atoms with van der Waals surface area (Å²) in [5, 5.41) is 16.0. The Morgan fingerprint density at radius 2 is 1.96 bits per heavy atom. The molecular formula is C17H16N4O2. The first-order valence-electron chi connectivity index (χ1n) is 7.19. The summed E-state index contributed by atoms with van der Waals surface area (Å²) in [5.74, 6) is -0.305. The standard InChI is InChI=1S/C17H16N4O2/c22-12-15-3-1-4-16(19-15)17(23)20-14-7-5-13(6-8-14)11-21-10-2-9-18-21/h1-10,22H,11-12H2,(H,20,23). The van der Waals surface area contributed by atoms with Gasteiger partial charge in [-0.05, 0) is 35.9 Å². The molecule has 0 aliphatic rings. The van der Waals surface area contributed by atoms with Crippen LogP contribution in [0.25, 0.3) is 0 Å². The van der Waals surface area contributed by atoms with Crippen LogP contribution >= 0.6 is 0 Å². The van der Waals surface area contributed by atoms with Gasteiger partial charge in [-0.3, -0.25) is 9.48 Å². The van der Waals surface area contributed by atoms with E-state index in [9.17, 15) is 4.79 Å². The normalized spacial score (nSPS) is 10.5. The Labute approximate surface area is 133 Å². The summed E-state index contributed by atoms with van der Waals surface area (Å²) in [4.78, 5) is 16.2. The van der Waals surface area contributed by atoms with E-state index in [1.807, 2.05) is 41.2 Å². The summed E-state index contributed by atoms with van der Waals surface area (Å²) in [6, 6.07) is 14.4. The van der Waals surface area contributed by atoms with E-state index in [0.29, 0.717) is 17.9 Å². The second kappa shape index (κ2) is 6.85. The van der Waals surface area contributed by atoms with Crippen molar-refractivity contribution in [2.24, 2.45) is 0 Å². The predicted octanol–water partition coefficient (Wildman–Crippen LogP) is 2.07. The molecule has 6 heteroatoms. The van der Waals surface area contributed by atoms with Crippen molar-refractivity contribution >= 4 is 11.6 Å². The second-order valence-corrected chi connectivity index (χ2v) is 5.03. The third-order valence-electron chi connectivity index (χ3n) is 3.32. The number of aliphatic hydroxyl groups excluding tert-OH is 1. The predicted molar refractivity (Wildman–Crippen MR) is 85.9 cm³/mol. The Kier molecular flexibility index (Phi) is 4.44. The van der Waals surface area contributed by atoms with Gasteiger partial charge in [0, 0.05) is 18.1 Å². The van der Waals surface area contributed by atoms with Gasteiger partial charge in [-0.25, -0.2) is 4.98 Å². The van der Waals surface area contributed by atoms with Gasteiger partial charge < -0.3 is 10.4 Å². The molecule has 1 aromatic carbocycles. The van der Waals surface area contributed by atoms with Crippen LogP contribution in [0.4, 0.5) is 5.69 Å². The Bertz CT molecular complexity index is 783. The smallest absolute Gasteiger partial charge is 0.274 e. The van der Waals surface area contributed by atoms with E-state index in [1.165, 1.54) is 0 Å². The molecule has 2 heterocycles. The minimum Gasteiger partial charge on any atom is -0.390 e. The second-order valence-electron chi connectivity index (χ2n) is 5.03. The molecule has 2 aromatic heterocycles. The van der Waals surface area contributed by atoms with Crippen LogP contribution in [0.5, 0.6) is 0 Å². The number of pyridine rings is 1. The molecule has 3 aromatic rings.